The van der Waals surface area contributed by atoms with Gasteiger partial charge in [-0.25, -0.2) is 4.98 Å². The van der Waals surface area contributed by atoms with Gasteiger partial charge in [-0.3, -0.25) is 9.59 Å². The number of rotatable bonds is 9. The highest BCUT2D eigenvalue weighted by Gasteiger charge is 2.31. The molecule has 1 fully saturated rings. The van der Waals surface area contributed by atoms with Crippen molar-refractivity contribution in [1.82, 2.24) is 9.55 Å². The topological polar surface area (TPSA) is 110 Å². The molecule has 204 valence electrons. The molecule has 4 aromatic rings. The normalized spacial score (nSPS) is 15.4. The van der Waals surface area contributed by atoms with Gasteiger partial charge in [0.15, 0.2) is 0 Å². The summed E-state index contributed by atoms with van der Waals surface area (Å²) in [5.41, 5.74) is 6.69. The molecule has 2 N–H and O–H groups in total. The molecular formula is C31H35N3O5. The van der Waals surface area contributed by atoms with Gasteiger partial charge in [0, 0.05) is 29.1 Å². The fourth-order valence-corrected chi connectivity index (χ4v) is 5.41. The second kappa shape index (κ2) is 11.1. The highest BCUT2D eigenvalue weighted by molar-refractivity contribution is 5.89. The van der Waals surface area contributed by atoms with Gasteiger partial charge < -0.3 is 24.2 Å². The van der Waals surface area contributed by atoms with Gasteiger partial charge in [-0.1, -0.05) is 43.5 Å². The molecule has 0 aliphatic heterocycles. The number of carbonyl (C=O) groups is 1. The van der Waals surface area contributed by atoms with E-state index in [0.717, 1.165) is 47.9 Å². The Morgan fingerprint density at radius 1 is 1.15 bits per heavy atom. The first-order chi connectivity index (χ1) is 18.8. The van der Waals surface area contributed by atoms with Crippen molar-refractivity contribution in [2.45, 2.75) is 70.1 Å². The molecule has 1 atom stereocenters. The van der Waals surface area contributed by atoms with Crippen molar-refractivity contribution < 1.29 is 18.7 Å². The molecule has 0 spiro atoms. The van der Waals surface area contributed by atoms with Crippen LogP contribution in [0.25, 0.3) is 22.2 Å². The molecule has 2 aromatic carbocycles. The number of amides is 1. The lowest BCUT2D eigenvalue weighted by atomic mass is 9.93. The quantitative estimate of drug-likeness (QED) is 0.306. The van der Waals surface area contributed by atoms with E-state index in [1.165, 1.54) is 17.3 Å². The number of fused-ring (bicyclic) bond motifs is 1. The molecule has 39 heavy (non-hydrogen) atoms. The third-order valence-corrected chi connectivity index (χ3v) is 7.78. The number of nitrogens with zero attached hydrogens (tertiary/aromatic N) is 2. The maximum Gasteiger partial charge on any atom is 0.259 e. The minimum Gasteiger partial charge on any atom is -0.496 e. The van der Waals surface area contributed by atoms with E-state index in [2.05, 4.69) is 4.98 Å². The number of nitrogens with two attached hydrogens (primary N) is 1. The van der Waals surface area contributed by atoms with Gasteiger partial charge >= 0.3 is 0 Å². The number of benzene rings is 2. The minimum absolute atomic E-state index is 0.143. The average molecular weight is 530 g/mol. The predicted molar refractivity (Wildman–Crippen MR) is 150 cm³/mol. The lowest BCUT2D eigenvalue weighted by Crippen LogP contribution is -2.46. The third kappa shape index (κ3) is 5.34. The van der Waals surface area contributed by atoms with Crippen LogP contribution in [0.1, 0.15) is 63.2 Å². The number of hydrogen-bond acceptors (Lipinski definition) is 6. The van der Waals surface area contributed by atoms with E-state index < -0.39 is 11.4 Å². The highest BCUT2D eigenvalue weighted by atomic mass is 16.5. The summed E-state index contributed by atoms with van der Waals surface area (Å²) in [5, 5.41) is 1.23. The van der Waals surface area contributed by atoms with Gasteiger partial charge in [-0.15, -0.1) is 0 Å². The second-order valence-electron chi connectivity index (χ2n) is 10.7. The van der Waals surface area contributed by atoms with Crippen LogP contribution in [-0.4, -0.2) is 28.7 Å². The monoisotopic (exact) mass is 529 g/mol. The number of methoxy groups -OCH3 is 1. The van der Waals surface area contributed by atoms with E-state index in [-0.39, 0.29) is 17.8 Å². The molecule has 1 saturated carbocycles. The first-order valence-electron chi connectivity index (χ1n) is 13.5. The fraction of sp³-hybridized carbons (Fsp3) is 0.387. The summed E-state index contributed by atoms with van der Waals surface area (Å²) in [6.07, 6.45) is 10.7. The summed E-state index contributed by atoms with van der Waals surface area (Å²) in [5.74, 6) is 0.563. The SMILES string of the molecule is COc1ccccc1[C@H](Cc1cn(C(C)(C)C(N)=O)c(=O)c2cc(-c3ncco3)ccc12)OC1CCCCC1. The Balaban J connectivity index is 1.67. The zero-order valence-electron chi connectivity index (χ0n) is 22.7. The smallest absolute Gasteiger partial charge is 0.259 e. The molecular weight excluding hydrogens is 494 g/mol. The molecule has 2 aromatic heterocycles. The van der Waals surface area contributed by atoms with Gasteiger partial charge in [-0.2, -0.15) is 0 Å². The van der Waals surface area contributed by atoms with Crippen LogP contribution in [0.2, 0.25) is 0 Å². The maximum atomic E-state index is 13.8. The first kappa shape index (κ1) is 26.7. The van der Waals surface area contributed by atoms with Crippen molar-refractivity contribution >= 4 is 16.7 Å². The van der Waals surface area contributed by atoms with Crippen molar-refractivity contribution in [3.05, 3.63) is 82.6 Å². The van der Waals surface area contributed by atoms with Crippen LogP contribution in [0.3, 0.4) is 0 Å². The van der Waals surface area contributed by atoms with Crippen LogP contribution in [0.5, 0.6) is 5.75 Å². The number of hydrogen-bond donors (Lipinski definition) is 1. The van der Waals surface area contributed by atoms with Crippen LogP contribution >= 0.6 is 0 Å². The number of ether oxygens (including phenoxy) is 2. The number of pyridine rings is 1. The van der Waals surface area contributed by atoms with Crippen LogP contribution in [-0.2, 0) is 21.5 Å². The summed E-state index contributed by atoms with van der Waals surface area (Å²) in [7, 11) is 1.66. The van der Waals surface area contributed by atoms with Gasteiger partial charge in [0.05, 0.1) is 25.5 Å². The molecule has 1 aliphatic rings. The van der Waals surface area contributed by atoms with E-state index in [1.807, 2.05) is 36.4 Å². The molecule has 2 heterocycles. The predicted octanol–water partition coefficient (Wildman–Crippen LogP) is 5.52. The lowest BCUT2D eigenvalue weighted by molar-refractivity contribution is -0.125. The Morgan fingerprint density at radius 3 is 2.62 bits per heavy atom. The average Bonchev–Trinajstić information content (AvgIpc) is 3.49. The third-order valence-electron chi connectivity index (χ3n) is 7.78. The standard InChI is InChI=1S/C31H35N3O5/c1-31(2,30(32)36)34-19-21(23-14-13-20(17-25(23)29(34)35)28-33-15-16-38-28)18-27(39-22-9-5-4-6-10-22)24-11-7-8-12-26(24)37-3/h7-8,11-17,19,22,27H,4-6,9-10,18H2,1-3H3,(H2,32,36)/t27-/m0/s1. The fourth-order valence-electron chi connectivity index (χ4n) is 5.41. The van der Waals surface area contributed by atoms with Crippen LogP contribution in [0.15, 0.2) is 70.3 Å². The van der Waals surface area contributed by atoms with Gasteiger partial charge in [-0.05, 0) is 55.8 Å². The number of para-hydroxylation sites is 1. The van der Waals surface area contributed by atoms with Crippen molar-refractivity contribution in [2.75, 3.05) is 7.11 Å². The summed E-state index contributed by atoms with van der Waals surface area (Å²) < 4.78 is 19.4. The van der Waals surface area contributed by atoms with Gasteiger partial charge in [0.2, 0.25) is 11.8 Å². The molecule has 0 unspecified atom stereocenters. The Morgan fingerprint density at radius 2 is 1.92 bits per heavy atom. The molecule has 1 aliphatic carbocycles. The van der Waals surface area contributed by atoms with Crippen molar-refractivity contribution in [1.29, 1.82) is 0 Å². The van der Waals surface area contributed by atoms with Crippen molar-refractivity contribution in [3.8, 4) is 17.2 Å². The molecule has 0 bridgehead atoms. The van der Waals surface area contributed by atoms with Crippen LogP contribution in [0.4, 0.5) is 0 Å². The minimum atomic E-state index is -1.25. The highest BCUT2D eigenvalue weighted by Crippen LogP contribution is 2.36. The molecule has 0 saturated heterocycles. The van der Waals surface area contributed by atoms with E-state index in [1.54, 1.807) is 39.4 Å². The summed E-state index contributed by atoms with van der Waals surface area (Å²) in [4.78, 5) is 30.5. The van der Waals surface area contributed by atoms with Crippen LogP contribution < -0.4 is 16.0 Å². The Bertz CT molecular complexity index is 1520. The summed E-state index contributed by atoms with van der Waals surface area (Å²) in [6.45, 7) is 3.31. The second-order valence-corrected chi connectivity index (χ2v) is 10.7. The Kier molecular flexibility index (Phi) is 7.57. The molecule has 0 radical (unpaired) electrons. The van der Waals surface area contributed by atoms with Crippen molar-refractivity contribution in [3.63, 3.8) is 0 Å². The lowest BCUT2D eigenvalue weighted by Gasteiger charge is -2.30. The molecule has 5 rings (SSSR count). The zero-order valence-corrected chi connectivity index (χ0v) is 22.7. The summed E-state index contributed by atoms with van der Waals surface area (Å²) >= 11 is 0. The van der Waals surface area contributed by atoms with E-state index in [9.17, 15) is 9.59 Å². The summed E-state index contributed by atoms with van der Waals surface area (Å²) in [6, 6.07) is 13.4. The van der Waals surface area contributed by atoms with Gasteiger partial charge in [0.25, 0.3) is 5.56 Å². The van der Waals surface area contributed by atoms with Crippen LogP contribution in [0, 0.1) is 0 Å². The van der Waals surface area contributed by atoms with E-state index >= 15 is 0 Å². The van der Waals surface area contributed by atoms with Crippen molar-refractivity contribution in [2.24, 2.45) is 5.73 Å². The first-order valence-corrected chi connectivity index (χ1v) is 13.5. The molecule has 1 amide bonds. The molecule has 8 nitrogen and oxygen atoms in total. The Labute approximate surface area is 227 Å². The number of carbonyl (C=O) groups excluding carboxylic acids is 1. The Hall–Kier alpha value is -3.91. The van der Waals surface area contributed by atoms with E-state index in [4.69, 9.17) is 19.6 Å². The number of aromatic nitrogens is 2. The maximum absolute atomic E-state index is 13.8. The largest absolute Gasteiger partial charge is 0.496 e. The zero-order chi connectivity index (χ0) is 27.6. The number of oxazole rings is 1. The molecule has 8 heteroatoms. The van der Waals surface area contributed by atoms with Gasteiger partial charge in [0.1, 0.15) is 17.6 Å². The number of primary amides is 1. The van der Waals surface area contributed by atoms with E-state index in [0.29, 0.717) is 23.3 Å².